The summed E-state index contributed by atoms with van der Waals surface area (Å²) in [6.45, 7) is 0. The molecule has 0 N–H and O–H groups in total. The Morgan fingerprint density at radius 2 is 1.95 bits per heavy atom. The first-order chi connectivity index (χ1) is 9.52. The van der Waals surface area contributed by atoms with Crippen LogP contribution in [-0.2, 0) is 15.5 Å². The standard InChI is InChI=1S/C13H18ClN3O2S/c14-20(18,19)13-16-15-12(17(13)11-3-4-11)7-10-6-8-1-2-9(10)5-8/h8-11H,1-7H2. The van der Waals surface area contributed by atoms with Crippen LogP contribution in [0.1, 0.15) is 50.4 Å². The van der Waals surface area contributed by atoms with Gasteiger partial charge in [0.2, 0.25) is 0 Å². The maximum atomic E-state index is 11.6. The summed E-state index contributed by atoms with van der Waals surface area (Å²) in [5, 5.41) is 7.93. The second-order valence-corrected chi connectivity index (χ2v) is 9.04. The van der Waals surface area contributed by atoms with Gasteiger partial charge in [-0.05, 0) is 49.9 Å². The summed E-state index contributed by atoms with van der Waals surface area (Å²) >= 11 is 0. The largest absolute Gasteiger partial charge is 0.298 e. The number of hydrogen-bond acceptors (Lipinski definition) is 4. The van der Waals surface area contributed by atoms with E-state index in [2.05, 4.69) is 10.2 Å². The molecule has 0 amide bonds. The van der Waals surface area contributed by atoms with Gasteiger partial charge in [0, 0.05) is 23.1 Å². The van der Waals surface area contributed by atoms with Crippen molar-refractivity contribution in [2.75, 3.05) is 0 Å². The molecule has 3 atom stereocenters. The van der Waals surface area contributed by atoms with Crippen LogP contribution in [0.25, 0.3) is 0 Å². The Morgan fingerprint density at radius 3 is 2.50 bits per heavy atom. The molecule has 5 nitrogen and oxygen atoms in total. The summed E-state index contributed by atoms with van der Waals surface area (Å²) in [6.07, 6.45) is 8.18. The third kappa shape index (κ3) is 2.17. The Kier molecular flexibility index (Phi) is 2.90. The van der Waals surface area contributed by atoms with Crippen molar-refractivity contribution in [3.8, 4) is 0 Å². The zero-order valence-corrected chi connectivity index (χ0v) is 12.8. The Bertz CT molecular complexity index is 638. The highest BCUT2D eigenvalue weighted by Crippen LogP contribution is 2.49. The Hall–Kier alpha value is -0.620. The molecule has 0 aromatic carbocycles. The van der Waals surface area contributed by atoms with Gasteiger partial charge in [-0.25, -0.2) is 8.42 Å². The second kappa shape index (κ2) is 4.44. The fraction of sp³-hybridized carbons (Fsp3) is 0.846. The van der Waals surface area contributed by atoms with Crippen molar-refractivity contribution in [1.82, 2.24) is 14.8 Å². The average molecular weight is 316 g/mol. The molecule has 1 heterocycles. The number of nitrogens with zero attached hydrogens (tertiary/aromatic N) is 3. The minimum atomic E-state index is -3.80. The van der Waals surface area contributed by atoms with Gasteiger partial charge in [-0.15, -0.1) is 10.2 Å². The van der Waals surface area contributed by atoms with Crippen molar-refractivity contribution in [2.24, 2.45) is 17.8 Å². The lowest BCUT2D eigenvalue weighted by Crippen LogP contribution is -2.17. The lowest BCUT2D eigenvalue weighted by molar-refractivity contribution is 0.322. The van der Waals surface area contributed by atoms with Gasteiger partial charge in [0.15, 0.2) is 0 Å². The first kappa shape index (κ1) is 13.1. The highest BCUT2D eigenvalue weighted by Gasteiger charge is 2.41. The van der Waals surface area contributed by atoms with Crippen LogP contribution < -0.4 is 0 Å². The quantitative estimate of drug-likeness (QED) is 0.801. The van der Waals surface area contributed by atoms with E-state index in [1.165, 1.54) is 25.7 Å². The highest BCUT2D eigenvalue weighted by molar-refractivity contribution is 8.13. The van der Waals surface area contributed by atoms with E-state index in [0.29, 0.717) is 5.92 Å². The zero-order chi connectivity index (χ0) is 13.9. The molecule has 110 valence electrons. The predicted octanol–water partition coefficient (Wildman–Crippen LogP) is 2.52. The number of fused-ring (bicyclic) bond motifs is 2. The molecule has 2 bridgehead atoms. The van der Waals surface area contributed by atoms with Gasteiger partial charge >= 0.3 is 0 Å². The van der Waals surface area contributed by atoms with Crippen LogP contribution in [0.3, 0.4) is 0 Å². The molecule has 0 aliphatic heterocycles. The Balaban J connectivity index is 1.63. The van der Waals surface area contributed by atoms with Crippen molar-refractivity contribution in [1.29, 1.82) is 0 Å². The summed E-state index contributed by atoms with van der Waals surface area (Å²) in [6, 6.07) is 0.238. The van der Waals surface area contributed by atoms with Crippen LogP contribution >= 0.6 is 10.7 Å². The van der Waals surface area contributed by atoms with Gasteiger partial charge < -0.3 is 0 Å². The van der Waals surface area contributed by atoms with Crippen LogP contribution in [0, 0.1) is 17.8 Å². The lowest BCUT2D eigenvalue weighted by atomic mass is 9.86. The third-order valence-corrected chi connectivity index (χ3v) is 6.32. The van der Waals surface area contributed by atoms with E-state index < -0.39 is 9.05 Å². The van der Waals surface area contributed by atoms with Crippen LogP contribution in [0.4, 0.5) is 0 Å². The fourth-order valence-corrected chi connectivity index (χ4v) is 5.12. The fourth-order valence-electron chi connectivity index (χ4n) is 4.17. The molecule has 0 radical (unpaired) electrons. The van der Waals surface area contributed by atoms with E-state index in [0.717, 1.165) is 36.9 Å². The molecule has 3 aliphatic rings. The smallest absolute Gasteiger partial charge is 0.296 e. The molecule has 0 saturated heterocycles. The van der Waals surface area contributed by atoms with Crippen LogP contribution in [0.5, 0.6) is 0 Å². The number of hydrogen-bond donors (Lipinski definition) is 0. The van der Waals surface area contributed by atoms with E-state index in [4.69, 9.17) is 10.7 Å². The summed E-state index contributed by atoms with van der Waals surface area (Å²) in [4.78, 5) is 0. The maximum Gasteiger partial charge on any atom is 0.296 e. The Morgan fingerprint density at radius 1 is 1.15 bits per heavy atom. The summed E-state index contributed by atoms with van der Waals surface area (Å²) in [7, 11) is 1.68. The second-order valence-electron chi connectivity index (χ2n) is 6.58. The molecular formula is C13H18ClN3O2S. The van der Waals surface area contributed by atoms with Crippen molar-refractivity contribution in [3.63, 3.8) is 0 Å². The van der Waals surface area contributed by atoms with Gasteiger partial charge in [0.25, 0.3) is 14.2 Å². The molecule has 3 unspecified atom stereocenters. The van der Waals surface area contributed by atoms with Gasteiger partial charge in [0.05, 0.1) is 0 Å². The molecule has 4 rings (SSSR count). The summed E-state index contributed by atoms with van der Waals surface area (Å²) in [5.74, 6) is 3.17. The van der Waals surface area contributed by atoms with Crippen LogP contribution in [-0.4, -0.2) is 23.2 Å². The summed E-state index contributed by atoms with van der Waals surface area (Å²) in [5.41, 5.74) is 0. The predicted molar refractivity (Wildman–Crippen MR) is 74.0 cm³/mol. The van der Waals surface area contributed by atoms with E-state index >= 15 is 0 Å². The minimum absolute atomic E-state index is 0.0557. The van der Waals surface area contributed by atoms with Crippen molar-refractivity contribution < 1.29 is 8.42 Å². The molecule has 1 aromatic rings. The topological polar surface area (TPSA) is 64.8 Å². The zero-order valence-electron chi connectivity index (χ0n) is 11.2. The molecule has 3 aliphatic carbocycles. The molecule has 3 saturated carbocycles. The molecular weight excluding hydrogens is 298 g/mol. The van der Waals surface area contributed by atoms with E-state index in [1.54, 1.807) is 4.57 Å². The van der Waals surface area contributed by atoms with Crippen LogP contribution in [0.15, 0.2) is 5.16 Å². The number of halogens is 1. The normalized spacial score (nSPS) is 33.0. The van der Waals surface area contributed by atoms with Gasteiger partial charge in [-0.3, -0.25) is 4.57 Å². The van der Waals surface area contributed by atoms with E-state index in [-0.39, 0.29) is 11.2 Å². The van der Waals surface area contributed by atoms with Crippen molar-refractivity contribution >= 4 is 19.7 Å². The third-order valence-electron chi connectivity index (χ3n) is 5.19. The van der Waals surface area contributed by atoms with Crippen molar-refractivity contribution in [3.05, 3.63) is 5.82 Å². The monoisotopic (exact) mass is 315 g/mol. The highest BCUT2D eigenvalue weighted by atomic mass is 35.7. The minimum Gasteiger partial charge on any atom is -0.298 e. The van der Waals surface area contributed by atoms with Gasteiger partial charge in [-0.1, -0.05) is 6.42 Å². The molecule has 3 fully saturated rings. The van der Waals surface area contributed by atoms with Gasteiger partial charge in [0.1, 0.15) is 5.82 Å². The molecule has 20 heavy (non-hydrogen) atoms. The number of rotatable bonds is 4. The summed E-state index contributed by atoms with van der Waals surface area (Å²) < 4.78 is 25.0. The Labute approximate surface area is 123 Å². The average Bonchev–Trinajstić information content (AvgIpc) is 2.84. The first-order valence-corrected chi connectivity index (χ1v) is 9.71. The van der Waals surface area contributed by atoms with Gasteiger partial charge in [-0.2, -0.15) is 0 Å². The maximum absolute atomic E-state index is 11.6. The number of aromatic nitrogens is 3. The van der Waals surface area contributed by atoms with E-state index in [9.17, 15) is 8.42 Å². The SMILES string of the molecule is O=S(=O)(Cl)c1nnc(CC2CC3CCC2C3)n1C1CC1. The van der Waals surface area contributed by atoms with E-state index in [1.807, 2.05) is 0 Å². The first-order valence-electron chi connectivity index (χ1n) is 7.41. The lowest BCUT2D eigenvalue weighted by Gasteiger charge is -2.21. The molecule has 0 spiro atoms. The molecule has 1 aromatic heterocycles. The van der Waals surface area contributed by atoms with Crippen molar-refractivity contribution in [2.45, 2.75) is 56.1 Å². The molecule has 7 heteroatoms. The van der Waals surface area contributed by atoms with Crippen LogP contribution in [0.2, 0.25) is 0 Å².